The van der Waals surface area contributed by atoms with Gasteiger partial charge in [-0.05, 0) is 49.1 Å². The highest BCUT2D eigenvalue weighted by Gasteiger charge is 2.33. The Bertz CT molecular complexity index is 808. The Kier molecular flexibility index (Phi) is 5.48. The predicted octanol–water partition coefficient (Wildman–Crippen LogP) is 4.08. The predicted molar refractivity (Wildman–Crippen MR) is 108 cm³/mol. The summed E-state index contributed by atoms with van der Waals surface area (Å²) in [5.74, 6) is 0.180. The maximum atomic E-state index is 13.3. The van der Waals surface area contributed by atoms with Gasteiger partial charge in [0.1, 0.15) is 0 Å². The van der Waals surface area contributed by atoms with Crippen molar-refractivity contribution in [2.75, 3.05) is 31.1 Å². The van der Waals surface area contributed by atoms with E-state index in [9.17, 15) is 4.79 Å². The van der Waals surface area contributed by atoms with Gasteiger partial charge in [0.15, 0.2) is 0 Å². The number of fused-ring (bicyclic) bond motifs is 1. The summed E-state index contributed by atoms with van der Waals surface area (Å²) in [6.07, 6.45) is 2.04. The highest BCUT2D eigenvalue weighted by atomic mass is 35.5. The van der Waals surface area contributed by atoms with Crippen LogP contribution in [-0.2, 0) is 16.0 Å². The van der Waals surface area contributed by atoms with Crippen molar-refractivity contribution in [2.45, 2.75) is 31.9 Å². The fourth-order valence-electron chi connectivity index (χ4n) is 4.04. The number of carbonyl (C=O) groups excluding carboxylic acids is 1. The van der Waals surface area contributed by atoms with E-state index in [1.54, 1.807) is 0 Å². The summed E-state index contributed by atoms with van der Waals surface area (Å²) in [6.45, 7) is 4.92. The van der Waals surface area contributed by atoms with Crippen LogP contribution in [0.4, 0.5) is 5.69 Å². The van der Waals surface area contributed by atoms with E-state index in [1.807, 2.05) is 42.2 Å². The zero-order chi connectivity index (χ0) is 18.8. The third kappa shape index (κ3) is 3.88. The molecule has 2 heterocycles. The molecular weight excluding hydrogens is 360 g/mol. The molecule has 142 valence electrons. The molecular formula is C22H25ClN2O2. The van der Waals surface area contributed by atoms with E-state index >= 15 is 0 Å². The Hall–Kier alpha value is -1.88. The Morgan fingerprint density at radius 2 is 1.93 bits per heavy atom. The maximum Gasteiger partial charge on any atom is 0.244 e. The normalized spacial score (nSPS) is 21.6. The van der Waals surface area contributed by atoms with E-state index in [2.05, 4.69) is 23.1 Å². The molecule has 4 rings (SSSR count). The molecule has 1 amide bonds. The summed E-state index contributed by atoms with van der Waals surface area (Å²) in [4.78, 5) is 17.5. The van der Waals surface area contributed by atoms with Gasteiger partial charge >= 0.3 is 0 Å². The molecule has 0 aliphatic carbocycles. The Labute approximate surface area is 165 Å². The van der Waals surface area contributed by atoms with Crippen LogP contribution in [0, 0.1) is 0 Å². The summed E-state index contributed by atoms with van der Waals surface area (Å²) in [7, 11) is 0. The molecule has 0 bridgehead atoms. The van der Waals surface area contributed by atoms with Gasteiger partial charge in [-0.2, -0.15) is 0 Å². The summed E-state index contributed by atoms with van der Waals surface area (Å²) in [6, 6.07) is 15.9. The Balaban J connectivity index is 1.48. The lowest BCUT2D eigenvalue weighted by molar-refractivity contribution is -0.126. The maximum absolute atomic E-state index is 13.3. The number of para-hydroxylation sites is 1. The lowest BCUT2D eigenvalue weighted by Gasteiger charge is -2.39. The van der Waals surface area contributed by atoms with E-state index in [0.29, 0.717) is 13.2 Å². The number of halogens is 1. The van der Waals surface area contributed by atoms with E-state index < -0.39 is 0 Å². The van der Waals surface area contributed by atoms with E-state index in [4.69, 9.17) is 16.3 Å². The zero-order valence-electron chi connectivity index (χ0n) is 15.6. The van der Waals surface area contributed by atoms with Crippen molar-refractivity contribution < 1.29 is 9.53 Å². The topological polar surface area (TPSA) is 32.8 Å². The second kappa shape index (κ2) is 8.01. The number of anilines is 1. The summed E-state index contributed by atoms with van der Waals surface area (Å²) in [5, 5.41) is 0.721. The molecule has 0 N–H and O–H groups in total. The van der Waals surface area contributed by atoms with Crippen LogP contribution >= 0.6 is 11.6 Å². The number of aryl methyl sites for hydroxylation is 1. The van der Waals surface area contributed by atoms with Crippen LogP contribution < -0.4 is 4.90 Å². The van der Waals surface area contributed by atoms with E-state index in [1.165, 1.54) is 5.56 Å². The Morgan fingerprint density at radius 3 is 2.74 bits per heavy atom. The number of nitrogens with zero attached hydrogens (tertiary/aromatic N) is 2. The smallest absolute Gasteiger partial charge is 0.244 e. The fourth-order valence-corrected chi connectivity index (χ4v) is 4.17. The minimum absolute atomic E-state index is 0.0279. The number of hydrogen-bond donors (Lipinski definition) is 0. The number of morpholine rings is 1. The average molecular weight is 385 g/mol. The number of carbonyl (C=O) groups is 1. The van der Waals surface area contributed by atoms with Crippen LogP contribution in [0.25, 0.3) is 0 Å². The number of rotatable bonds is 3. The van der Waals surface area contributed by atoms with Crippen molar-refractivity contribution in [3.63, 3.8) is 0 Å². The van der Waals surface area contributed by atoms with Gasteiger partial charge in [-0.15, -0.1) is 0 Å². The summed E-state index contributed by atoms with van der Waals surface area (Å²) >= 11 is 6.00. The van der Waals surface area contributed by atoms with Crippen molar-refractivity contribution in [1.29, 1.82) is 0 Å². The van der Waals surface area contributed by atoms with Gasteiger partial charge in [0, 0.05) is 30.3 Å². The fraction of sp³-hybridized carbons (Fsp3) is 0.409. The van der Waals surface area contributed by atoms with E-state index in [0.717, 1.165) is 42.2 Å². The molecule has 2 aliphatic heterocycles. The van der Waals surface area contributed by atoms with Crippen LogP contribution in [-0.4, -0.2) is 43.1 Å². The lowest BCUT2D eigenvalue weighted by Crippen LogP contribution is -2.52. The number of hydrogen-bond acceptors (Lipinski definition) is 3. The standard InChI is InChI=1S/C22H25ClN2O2/c1-16(22(26)25-12-4-6-17-5-2-3-7-20(17)25)24-13-14-27-21(15-24)18-8-10-19(23)11-9-18/h2-3,5,7-11,16,21H,4,6,12-15H2,1H3/t16-,21+/m1/s1. The molecule has 4 nitrogen and oxygen atoms in total. The molecule has 0 saturated carbocycles. The van der Waals surface area contributed by atoms with Crippen molar-refractivity contribution >= 4 is 23.2 Å². The van der Waals surface area contributed by atoms with Gasteiger partial charge in [-0.25, -0.2) is 0 Å². The van der Waals surface area contributed by atoms with E-state index in [-0.39, 0.29) is 18.1 Å². The molecule has 1 saturated heterocycles. The summed E-state index contributed by atoms with van der Waals surface area (Å²) in [5.41, 5.74) is 3.44. The molecule has 27 heavy (non-hydrogen) atoms. The summed E-state index contributed by atoms with van der Waals surface area (Å²) < 4.78 is 5.96. The largest absolute Gasteiger partial charge is 0.371 e. The molecule has 2 aromatic rings. The van der Waals surface area contributed by atoms with Crippen LogP contribution in [0.1, 0.15) is 30.6 Å². The van der Waals surface area contributed by atoms with Crippen molar-refractivity contribution in [3.05, 3.63) is 64.7 Å². The number of benzene rings is 2. The van der Waals surface area contributed by atoms with Gasteiger partial charge in [-0.1, -0.05) is 41.9 Å². The Morgan fingerprint density at radius 1 is 1.15 bits per heavy atom. The third-order valence-corrected chi connectivity index (χ3v) is 5.87. The first kappa shape index (κ1) is 18.5. The van der Waals surface area contributed by atoms with Gasteiger partial charge in [0.05, 0.1) is 18.8 Å². The van der Waals surface area contributed by atoms with Gasteiger partial charge < -0.3 is 9.64 Å². The van der Waals surface area contributed by atoms with Crippen LogP contribution in [0.5, 0.6) is 0 Å². The molecule has 5 heteroatoms. The molecule has 2 aromatic carbocycles. The van der Waals surface area contributed by atoms with Crippen molar-refractivity contribution in [2.24, 2.45) is 0 Å². The molecule has 2 atom stereocenters. The van der Waals surface area contributed by atoms with Crippen LogP contribution in [0.15, 0.2) is 48.5 Å². The minimum atomic E-state index is -0.171. The van der Waals surface area contributed by atoms with Gasteiger partial charge in [0.2, 0.25) is 5.91 Å². The second-order valence-corrected chi connectivity index (χ2v) is 7.74. The average Bonchev–Trinajstić information content (AvgIpc) is 2.73. The first-order valence-electron chi connectivity index (χ1n) is 9.64. The highest BCUT2D eigenvalue weighted by Crippen LogP contribution is 2.29. The lowest BCUT2D eigenvalue weighted by atomic mass is 10.0. The molecule has 0 spiro atoms. The molecule has 0 unspecified atom stereocenters. The SMILES string of the molecule is C[C@H](C(=O)N1CCCc2ccccc21)N1CCO[C@H](c2ccc(Cl)cc2)C1. The second-order valence-electron chi connectivity index (χ2n) is 7.30. The molecule has 1 fully saturated rings. The number of amides is 1. The van der Waals surface area contributed by atoms with Crippen LogP contribution in [0.3, 0.4) is 0 Å². The first-order chi connectivity index (χ1) is 13.1. The van der Waals surface area contributed by atoms with Crippen molar-refractivity contribution in [1.82, 2.24) is 4.90 Å². The quantitative estimate of drug-likeness (QED) is 0.799. The first-order valence-corrected chi connectivity index (χ1v) is 10.0. The number of ether oxygens (including phenoxy) is 1. The monoisotopic (exact) mass is 384 g/mol. The van der Waals surface area contributed by atoms with Crippen LogP contribution in [0.2, 0.25) is 5.02 Å². The molecule has 2 aliphatic rings. The van der Waals surface area contributed by atoms with Gasteiger partial charge in [0.25, 0.3) is 0 Å². The minimum Gasteiger partial charge on any atom is -0.371 e. The zero-order valence-corrected chi connectivity index (χ0v) is 16.4. The third-order valence-electron chi connectivity index (χ3n) is 5.62. The van der Waals surface area contributed by atoms with Gasteiger partial charge in [-0.3, -0.25) is 9.69 Å². The molecule has 0 aromatic heterocycles. The molecule has 0 radical (unpaired) electrons. The van der Waals surface area contributed by atoms with Crippen molar-refractivity contribution in [3.8, 4) is 0 Å². The highest BCUT2D eigenvalue weighted by molar-refractivity contribution is 6.30.